The van der Waals surface area contributed by atoms with E-state index in [9.17, 15) is 4.79 Å². The first-order valence-electron chi connectivity index (χ1n) is 7.45. The summed E-state index contributed by atoms with van der Waals surface area (Å²) in [6, 6.07) is 18.2. The molecule has 0 aliphatic carbocycles. The summed E-state index contributed by atoms with van der Waals surface area (Å²) in [6.07, 6.45) is 5.03. The van der Waals surface area contributed by atoms with E-state index in [1.807, 2.05) is 30.3 Å². The van der Waals surface area contributed by atoms with Gasteiger partial charge >= 0.3 is 0 Å². The van der Waals surface area contributed by atoms with Crippen LogP contribution in [0.15, 0.2) is 54.6 Å². The second-order valence-corrected chi connectivity index (χ2v) is 5.21. The second kappa shape index (κ2) is 7.64. The summed E-state index contributed by atoms with van der Waals surface area (Å²) in [5.41, 5.74) is 3.45. The van der Waals surface area contributed by atoms with Crippen molar-refractivity contribution in [2.75, 3.05) is 0 Å². The van der Waals surface area contributed by atoms with Crippen LogP contribution in [0, 0.1) is 0 Å². The SMILES string of the molecule is CCCCc1ccc(CCC(=O)c2ccccc2)cc1. The van der Waals surface area contributed by atoms with Crippen LogP contribution in [0.5, 0.6) is 0 Å². The molecule has 0 aliphatic rings. The van der Waals surface area contributed by atoms with Crippen LogP contribution in [0.25, 0.3) is 0 Å². The Morgan fingerprint density at radius 3 is 2.05 bits per heavy atom. The summed E-state index contributed by atoms with van der Waals surface area (Å²) in [5.74, 6) is 0.223. The van der Waals surface area contributed by atoms with Gasteiger partial charge in [-0.15, -0.1) is 0 Å². The molecule has 0 spiro atoms. The highest BCUT2D eigenvalue weighted by molar-refractivity contribution is 5.96. The van der Waals surface area contributed by atoms with Crippen LogP contribution in [0.3, 0.4) is 0 Å². The predicted octanol–water partition coefficient (Wildman–Crippen LogP) is 4.84. The number of benzene rings is 2. The molecule has 1 heteroatoms. The maximum Gasteiger partial charge on any atom is 0.163 e. The van der Waals surface area contributed by atoms with E-state index in [2.05, 4.69) is 31.2 Å². The number of carbonyl (C=O) groups excluding carboxylic acids is 1. The van der Waals surface area contributed by atoms with Gasteiger partial charge < -0.3 is 0 Å². The topological polar surface area (TPSA) is 17.1 Å². The summed E-state index contributed by atoms with van der Waals surface area (Å²) in [4.78, 5) is 12.0. The Morgan fingerprint density at radius 1 is 0.850 bits per heavy atom. The molecule has 0 radical (unpaired) electrons. The highest BCUT2D eigenvalue weighted by Gasteiger charge is 2.05. The molecule has 0 unspecified atom stereocenters. The number of hydrogen-bond donors (Lipinski definition) is 0. The average Bonchev–Trinajstić information content (AvgIpc) is 2.52. The van der Waals surface area contributed by atoms with Crippen molar-refractivity contribution < 1.29 is 4.79 Å². The third-order valence-corrected chi connectivity index (χ3v) is 3.58. The summed E-state index contributed by atoms with van der Waals surface area (Å²) >= 11 is 0. The van der Waals surface area contributed by atoms with Crippen LogP contribution in [-0.4, -0.2) is 5.78 Å². The van der Waals surface area contributed by atoms with Gasteiger partial charge in [0.15, 0.2) is 5.78 Å². The van der Waals surface area contributed by atoms with Gasteiger partial charge in [-0.1, -0.05) is 67.9 Å². The minimum Gasteiger partial charge on any atom is -0.294 e. The van der Waals surface area contributed by atoms with Gasteiger partial charge in [-0.2, -0.15) is 0 Å². The van der Waals surface area contributed by atoms with Crippen LogP contribution >= 0.6 is 0 Å². The van der Waals surface area contributed by atoms with Gasteiger partial charge in [0.2, 0.25) is 0 Å². The lowest BCUT2D eigenvalue weighted by atomic mass is 10.0. The lowest BCUT2D eigenvalue weighted by Crippen LogP contribution is -2.00. The quantitative estimate of drug-likeness (QED) is 0.655. The van der Waals surface area contributed by atoms with Gasteiger partial charge in [0, 0.05) is 12.0 Å². The first kappa shape index (κ1) is 14.5. The van der Waals surface area contributed by atoms with Crippen LogP contribution < -0.4 is 0 Å². The Hall–Kier alpha value is -1.89. The monoisotopic (exact) mass is 266 g/mol. The third-order valence-electron chi connectivity index (χ3n) is 3.58. The molecule has 0 saturated carbocycles. The van der Waals surface area contributed by atoms with Crippen molar-refractivity contribution in [2.45, 2.75) is 39.0 Å². The number of ketones is 1. The maximum atomic E-state index is 12.0. The number of aryl methyl sites for hydroxylation is 2. The van der Waals surface area contributed by atoms with E-state index in [1.54, 1.807) is 0 Å². The molecule has 0 aliphatic heterocycles. The molecule has 0 bridgehead atoms. The fraction of sp³-hybridized carbons (Fsp3) is 0.316. The molecule has 2 rings (SSSR count). The zero-order valence-corrected chi connectivity index (χ0v) is 12.1. The molecule has 2 aromatic rings. The molecule has 2 aromatic carbocycles. The molecule has 0 atom stereocenters. The number of hydrogen-bond acceptors (Lipinski definition) is 1. The van der Waals surface area contributed by atoms with Crippen LogP contribution in [0.4, 0.5) is 0 Å². The minimum absolute atomic E-state index is 0.223. The predicted molar refractivity (Wildman–Crippen MR) is 84.1 cm³/mol. The first-order chi connectivity index (χ1) is 9.79. The standard InChI is InChI=1S/C19H22O/c1-2-3-7-16-10-12-17(13-11-16)14-15-19(20)18-8-5-4-6-9-18/h4-6,8-13H,2-3,7,14-15H2,1H3. The average molecular weight is 266 g/mol. The van der Waals surface area contributed by atoms with E-state index in [0.717, 1.165) is 18.4 Å². The fourth-order valence-corrected chi connectivity index (χ4v) is 2.28. The molecule has 0 heterocycles. The number of rotatable bonds is 7. The summed E-state index contributed by atoms with van der Waals surface area (Å²) < 4.78 is 0. The zero-order valence-electron chi connectivity index (χ0n) is 12.1. The molecular formula is C19H22O. The van der Waals surface area contributed by atoms with Gasteiger partial charge in [-0.3, -0.25) is 4.79 Å². The number of unbranched alkanes of at least 4 members (excludes halogenated alkanes) is 1. The molecule has 0 fully saturated rings. The lowest BCUT2D eigenvalue weighted by Gasteiger charge is -2.04. The molecule has 0 N–H and O–H groups in total. The molecule has 104 valence electrons. The fourth-order valence-electron chi connectivity index (χ4n) is 2.28. The van der Waals surface area contributed by atoms with Crippen molar-refractivity contribution in [2.24, 2.45) is 0 Å². The van der Waals surface area contributed by atoms with Crippen molar-refractivity contribution in [3.63, 3.8) is 0 Å². The van der Waals surface area contributed by atoms with Gasteiger partial charge in [0.05, 0.1) is 0 Å². The smallest absolute Gasteiger partial charge is 0.163 e. The van der Waals surface area contributed by atoms with E-state index in [-0.39, 0.29) is 5.78 Å². The van der Waals surface area contributed by atoms with E-state index in [0.29, 0.717) is 6.42 Å². The molecule has 0 saturated heterocycles. The summed E-state index contributed by atoms with van der Waals surface area (Å²) in [7, 11) is 0. The molecule has 0 amide bonds. The van der Waals surface area contributed by atoms with Gasteiger partial charge in [-0.05, 0) is 30.4 Å². The molecular weight excluding hydrogens is 244 g/mol. The highest BCUT2D eigenvalue weighted by Crippen LogP contribution is 2.11. The normalized spacial score (nSPS) is 10.4. The Morgan fingerprint density at radius 2 is 1.45 bits per heavy atom. The third kappa shape index (κ3) is 4.34. The Balaban J connectivity index is 1.86. The largest absolute Gasteiger partial charge is 0.294 e. The van der Waals surface area contributed by atoms with Gasteiger partial charge in [0.1, 0.15) is 0 Å². The summed E-state index contributed by atoms with van der Waals surface area (Å²) in [5, 5.41) is 0. The van der Waals surface area contributed by atoms with Crippen molar-refractivity contribution in [1.29, 1.82) is 0 Å². The second-order valence-electron chi connectivity index (χ2n) is 5.21. The van der Waals surface area contributed by atoms with Crippen molar-refractivity contribution in [3.8, 4) is 0 Å². The van der Waals surface area contributed by atoms with E-state index >= 15 is 0 Å². The molecule has 20 heavy (non-hydrogen) atoms. The van der Waals surface area contributed by atoms with Crippen molar-refractivity contribution in [1.82, 2.24) is 0 Å². The van der Waals surface area contributed by atoms with Crippen LogP contribution in [0.2, 0.25) is 0 Å². The Bertz CT molecular complexity index is 525. The van der Waals surface area contributed by atoms with Crippen molar-refractivity contribution >= 4 is 5.78 Å². The maximum absolute atomic E-state index is 12.0. The first-order valence-corrected chi connectivity index (χ1v) is 7.45. The van der Waals surface area contributed by atoms with E-state index in [1.165, 1.54) is 24.0 Å². The van der Waals surface area contributed by atoms with Crippen molar-refractivity contribution in [3.05, 3.63) is 71.3 Å². The minimum atomic E-state index is 0.223. The molecule has 0 aromatic heterocycles. The van der Waals surface area contributed by atoms with Crippen LogP contribution in [-0.2, 0) is 12.8 Å². The number of carbonyl (C=O) groups is 1. The van der Waals surface area contributed by atoms with E-state index < -0.39 is 0 Å². The summed E-state index contributed by atoms with van der Waals surface area (Å²) in [6.45, 7) is 2.21. The van der Waals surface area contributed by atoms with Gasteiger partial charge in [-0.25, -0.2) is 0 Å². The zero-order chi connectivity index (χ0) is 14.2. The Kier molecular flexibility index (Phi) is 5.55. The van der Waals surface area contributed by atoms with E-state index in [4.69, 9.17) is 0 Å². The highest BCUT2D eigenvalue weighted by atomic mass is 16.1. The number of Topliss-reactive ketones (excluding diaryl/α,β-unsaturated/α-hetero) is 1. The Labute approximate surface area is 121 Å². The lowest BCUT2D eigenvalue weighted by molar-refractivity contribution is 0.0983. The van der Waals surface area contributed by atoms with Crippen LogP contribution in [0.1, 0.15) is 47.7 Å². The van der Waals surface area contributed by atoms with Gasteiger partial charge in [0.25, 0.3) is 0 Å². The molecule has 1 nitrogen and oxygen atoms in total.